The predicted molar refractivity (Wildman–Crippen MR) is 91.2 cm³/mol. The largest absolute Gasteiger partial charge is 0.302 e. The van der Waals surface area contributed by atoms with Gasteiger partial charge >= 0.3 is 0 Å². The molecule has 0 radical (unpaired) electrons. The van der Waals surface area contributed by atoms with Crippen LogP contribution in [0.2, 0.25) is 0 Å². The minimum absolute atomic E-state index is 0.0387. The average Bonchev–Trinajstić information content (AvgIpc) is 3.08. The van der Waals surface area contributed by atoms with Crippen molar-refractivity contribution in [1.82, 2.24) is 9.88 Å². The number of anilines is 1. The smallest absolute Gasteiger partial charge is 0.230 e. The summed E-state index contributed by atoms with van der Waals surface area (Å²) in [4.78, 5) is 19.0. The number of nitrogens with zero attached hydrogens (tertiary/aromatic N) is 2. The van der Waals surface area contributed by atoms with Crippen molar-refractivity contribution in [2.24, 2.45) is 11.8 Å². The van der Waals surface area contributed by atoms with Crippen LogP contribution in [0.15, 0.2) is 5.38 Å². The van der Waals surface area contributed by atoms with Crippen molar-refractivity contribution < 1.29 is 13.2 Å². The zero-order chi connectivity index (χ0) is 16.4. The van der Waals surface area contributed by atoms with Crippen LogP contribution in [0.4, 0.5) is 5.13 Å². The lowest BCUT2D eigenvalue weighted by atomic mass is 9.99. The van der Waals surface area contributed by atoms with E-state index in [0.717, 1.165) is 31.2 Å². The van der Waals surface area contributed by atoms with Gasteiger partial charge in [-0.2, -0.15) is 0 Å². The van der Waals surface area contributed by atoms with Crippen molar-refractivity contribution in [3.05, 3.63) is 11.1 Å². The lowest BCUT2D eigenvalue weighted by Crippen LogP contribution is -2.32. The van der Waals surface area contributed by atoms with Gasteiger partial charge in [-0.3, -0.25) is 9.69 Å². The molecule has 2 aliphatic rings. The maximum atomic E-state index is 12.1. The summed E-state index contributed by atoms with van der Waals surface area (Å²) >= 11 is 1.41. The summed E-state index contributed by atoms with van der Waals surface area (Å²) in [6.45, 7) is 5.30. The van der Waals surface area contributed by atoms with E-state index in [0.29, 0.717) is 11.6 Å². The zero-order valence-corrected chi connectivity index (χ0v) is 15.0. The van der Waals surface area contributed by atoms with Gasteiger partial charge in [0.1, 0.15) is 0 Å². The van der Waals surface area contributed by atoms with Crippen LogP contribution >= 0.6 is 11.3 Å². The maximum Gasteiger partial charge on any atom is 0.230 e. The minimum Gasteiger partial charge on any atom is -0.302 e. The molecule has 0 bridgehead atoms. The molecule has 8 heteroatoms. The number of hydrogen-bond acceptors (Lipinski definition) is 6. The van der Waals surface area contributed by atoms with Crippen molar-refractivity contribution in [2.45, 2.75) is 32.7 Å². The molecular formula is C15H23N3O3S2. The Morgan fingerprint density at radius 1 is 1.39 bits per heavy atom. The number of aromatic nitrogens is 1. The van der Waals surface area contributed by atoms with Crippen molar-refractivity contribution in [3.63, 3.8) is 0 Å². The topological polar surface area (TPSA) is 79.4 Å². The number of carbonyl (C=O) groups excluding carboxylic acids is 1. The van der Waals surface area contributed by atoms with Gasteiger partial charge in [-0.15, -0.1) is 11.3 Å². The van der Waals surface area contributed by atoms with Gasteiger partial charge in [-0.1, -0.05) is 6.92 Å². The Balaban J connectivity index is 1.52. The molecule has 1 aromatic heterocycles. The Labute approximate surface area is 141 Å². The Morgan fingerprint density at radius 2 is 2.13 bits per heavy atom. The van der Waals surface area contributed by atoms with Crippen LogP contribution in [-0.4, -0.2) is 48.8 Å². The van der Waals surface area contributed by atoms with E-state index in [4.69, 9.17) is 0 Å². The first kappa shape index (κ1) is 16.9. The van der Waals surface area contributed by atoms with Crippen LogP contribution in [0, 0.1) is 11.8 Å². The minimum atomic E-state index is -3.04. The number of rotatable bonds is 4. The molecule has 128 valence electrons. The second kappa shape index (κ2) is 6.86. The summed E-state index contributed by atoms with van der Waals surface area (Å²) < 4.78 is 22.9. The SMILES string of the molecule is CC1CCN(Cc2csc(NC(=O)C3CCS(=O)(=O)C3)n2)CC1. The van der Waals surface area contributed by atoms with Crippen molar-refractivity contribution in [2.75, 3.05) is 29.9 Å². The molecule has 0 spiro atoms. The monoisotopic (exact) mass is 357 g/mol. The molecule has 2 saturated heterocycles. The van der Waals surface area contributed by atoms with Crippen LogP contribution in [0.1, 0.15) is 31.9 Å². The Bertz CT molecular complexity index is 663. The third kappa shape index (κ3) is 4.51. The second-order valence-corrected chi connectivity index (χ2v) is 9.78. The molecule has 1 atom stereocenters. The fourth-order valence-corrected chi connectivity index (χ4v) is 5.54. The van der Waals surface area contributed by atoms with E-state index in [1.165, 1.54) is 24.2 Å². The number of piperidine rings is 1. The highest BCUT2D eigenvalue weighted by molar-refractivity contribution is 7.91. The molecular weight excluding hydrogens is 334 g/mol. The number of sulfone groups is 1. The van der Waals surface area contributed by atoms with Crippen LogP contribution in [0.25, 0.3) is 0 Å². The van der Waals surface area contributed by atoms with Crippen LogP contribution in [0.5, 0.6) is 0 Å². The molecule has 1 unspecified atom stereocenters. The average molecular weight is 358 g/mol. The van der Waals surface area contributed by atoms with Crippen molar-refractivity contribution in [3.8, 4) is 0 Å². The summed E-state index contributed by atoms with van der Waals surface area (Å²) in [6.07, 6.45) is 2.87. The summed E-state index contributed by atoms with van der Waals surface area (Å²) in [5.74, 6) is 0.221. The zero-order valence-electron chi connectivity index (χ0n) is 13.3. The highest BCUT2D eigenvalue weighted by Gasteiger charge is 2.33. The molecule has 1 amide bonds. The summed E-state index contributed by atoms with van der Waals surface area (Å²) in [7, 11) is -3.04. The molecule has 23 heavy (non-hydrogen) atoms. The highest BCUT2D eigenvalue weighted by atomic mass is 32.2. The van der Waals surface area contributed by atoms with E-state index in [9.17, 15) is 13.2 Å². The van der Waals surface area contributed by atoms with E-state index in [1.54, 1.807) is 0 Å². The number of hydrogen-bond donors (Lipinski definition) is 1. The summed E-state index contributed by atoms with van der Waals surface area (Å²) in [6, 6.07) is 0. The fraction of sp³-hybridized carbons (Fsp3) is 0.733. The van der Waals surface area contributed by atoms with E-state index in [1.807, 2.05) is 5.38 Å². The number of thiazole rings is 1. The van der Waals surface area contributed by atoms with Gasteiger partial charge in [0.05, 0.1) is 23.1 Å². The van der Waals surface area contributed by atoms with E-state index in [-0.39, 0.29) is 17.4 Å². The van der Waals surface area contributed by atoms with Gasteiger partial charge in [-0.25, -0.2) is 13.4 Å². The number of carbonyl (C=O) groups is 1. The standard InChI is InChI=1S/C15H23N3O3S2/c1-11-2-5-18(6-3-11)8-13-9-22-15(16-13)17-14(19)12-4-7-23(20,21)10-12/h9,11-12H,2-8,10H2,1H3,(H,16,17,19). The first-order valence-electron chi connectivity index (χ1n) is 8.09. The third-order valence-electron chi connectivity index (χ3n) is 4.65. The summed E-state index contributed by atoms with van der Waals surface area (Å²) in [5.41, 5.74) is 0.971. The number of likely N-dealkylation sites (tertiary alicyclic amines) is 1. The Hall–Kier alpha value is -0.990. The van der Waals surface area contributed by atoms with Gasteiger partial charge in [0, 0.05) is 11.9 Å². The molecule has 0 aromatic carbocycles. The maximum absolute atomic E-state index is 12.1. The lowest BCUT2D eigenvalue weighted by molar-refractivity contribution is -0.119. The van der Waals surface area contributed by atoms with Crippen LogP contribution in [0.3, 0.4) is 0 Å². The number of nitrogens with one attached hydrogen (secondary N) is 1. The molecule has 2 fully saturated rings. The molecule has 0 saturated carbocycles. The first-order chi connectivity index (χ1) is 10.9. The molecule has 1 aromatic rings. The second-order valence-electron chi connectivity index (χ2n) is 6.69. The van der Waals surface area contributed by atoms with Crippen molar-refractivity contribution in [1.29, 1.82) is 0 Å². The quantitative estimate of drug-likeness (QED) is 0.888. The Kier molecular flexibility index (Phi) is 5.03. The van der Waals surface area contributed by atoms with Gasteiger partial charge < -0.3 is 5.32 Å². The van der Waals surface area contributed by atoms with Gasteiger partial charge in [0.25, 0.3) is 0 Å². The van der Waals surface area contributed by atoms with Gasteiger partial charge in [0.15, 0.2) is 15.0 Å². The first-order valence-corrected chi connectivity index (χ1v) is 10.8. The third-order valence-corrected chi connectivity index (χ3v) is 7.22. The van der Waals surface area contributed by atoms with E-state index in [2.05, 4.69) is 22.1 Å². The lowest BCUT2D eigenvalue weighted by Gasteiger charge is -2.29. The highest BCUT2D eigenvalue weighted by Crippen LogP contribution is 2.23. The molecule has 6 nitrogen and oxygen atoms in total. The van der Waals surface area contributed by atoms with Crippen molar-refractivity contribution >= 4 is 32.2 Å². The molecule has 0 aliphatic carbocycles. The Morgan fingerprint density at radius 3 is 2.78 bits per heavy atom. The predicted octanol–water partition coefficient (Wildman–Crippen LogP) is 1.75. The molecule has 3 rings (SSSR count). The van der Waals surface area contributed by atoms with E-state index < -0.39 is 15.8 Å². The van der Waals surface area contributed by atoms with Gasteiger partial charge in [0.2, 0.25) is 5.91 Å². The van der Waals surface area contributed by atoms with Crippen LogP contribution < -0.4 is 5.32 Å². The molecule has 3 heterocycles. The number of amides is 1. The molecule has 1 N–H and O–H groups in total. The van der Waals surface area contributed by atoms with E-state index >= 15 is 0 Å². The van der Waals surface area contributed by atoms with Crippen LogP contribution in [-0.2, 0) is 21.2 Å². The fourth-order valence-electron chi connectivity index (χ4n) is 3.10. The molecule has 2 aliphatic heterocycles. The van der Waals surface area contributed by atoms with Gasteiger partial charge in [-0.05, 0) is 38.3 Å². The normalized spacial score (nSPS) is 25.5. The summed E-state index contributed by atoms with van der Waals surface area (Å²) in [5, 5.41) is 5.31.